The summed E-state index contributed by atoms with van der Waals surface area (Å²) in [4.78, 5) is 7.18. The van der Waals surface area contributed by atoms with E-state index in [9.17, 15) is 13.5 Å². The van der Waals surface area contributed by atoms with Crippen molar-refractivity contribution >= 4 is 26.3 Å². The second kappa shape index (κ2) is 4.79. The van der Waals surface area contributed by atoms with Crippen LogP contribution in [0.5, 0.6) is 0 Å². The number of anilines is 1. The van der Waals surface area contributed by atoms with Gasteiger partial charge in [0.1, 0.15) is 0 Å². The van der Waals surface area contributed by atoms with Crippen molar-refractivity contribution < 1.29 is 13.5 Å². The highest BCUT2D eigenvalue weighted by Gasteiger charge is 2.32. The number of aryl methyl sites for hydroxylation is 1. The number of hydrogen-bond acceptors (Lipinski definition) is 6. The zero-order valence-electron chi connectivity index (χ0n) is 10.8. The second-order valence-electron chi connectivity index (χ2n) is 4.79. The molecule has 1 fully saturated rings. The van der Waals surface area contributed by atoms with Crippen molar-refractivity contribution in [2.45, 2.75) is 32.4 Å². The summed E-state index contributed by atoms with van der Waals surface area (Å²) in [7, 11) is -1.01. The minimum absolute atomic E-state index is 0.00222. The Morgan fingerprint density at radius 1 is 1.56 bits per heavy atom. The van der Waals surface area contributed by atoms with E-state index >= 15 is 0 Å². The Morgan fingerprint density at radius 2 is 2.22 bits per heavy atom. The number of hydrogen-bond donors (Lipinski definition) is 1. The highest BCUT2D eigenvalue weighted by Crippen LogP contribution is 2.32. The van der Waals surface area contributed by atoms with Crippen molar-refractivity contribution in [3.63, 3.8) is 0 Å². The van der Waals surface area contributed by atoms with Gasteiger partial charge in [-0.25, -0.2) is 13.4 Å². The van der Waals surface area contributed by atoms with Crippen molar-refractivity contribution in [2.24, 2.45) is 0 Å². The molecule has 1 aromatic heterocycles. The normalized spacial score (nSPS) is 24.1. The van der Waals surface area contributed by atoms with Gasteiger partial charge >= 0.3 is 0 Å². The number of aliphatic hydroxyl groups excluding tert-OH is 1. The summed E-state index contributed by atoms with van der Waals surface area (Å²) >= 11 is 1.43. The maximum absolute atomic E-state index is 11.5. The van der Waals surface area contributed by atoms with Crippen LogP contribution < -0.4 is 4.90 Å². The SMILES string of the molecule is Cc1nc(N(C)C2CCS(=O)(=O)C2)sc1C(C)O. The molecule has 0 amide bonds. The van der Waals surface area contributed by atoms with Crippen LogP contribution in [0.2, 0.25) is 0 Å². The summed E-state index contributed by atoms with van der Waals surface area (Å²) in [6.07, 6.45) is 0.124. The standard InChI is InChI=1S/C11H18N2O3S2/c1-7-10(8(2)14)17-11(12-7)13(3)9-4-5-18(15,16)6-9/h8-9,14H,4-6H2,1-3H3. The van der Waals surface area contributed by atoms with E-state index < -0.39 is 15.9 Å². The molecule has 5 nitrogen and oxygen atoms in total. The summed E-state index contributed by atoms with van der Waals surface area (Å²) in [5.41, 5.74) is 0.817. The molecule has 1 aliphatic rings. The first kappa shape index (κ1) is 13.8. The van der Waals surface area contributed by atoms with Gasteiger partial charge in [0.25, 0.3) is 0 Å². The van der Waals surface area contributed by atoms with E-state index in [1.165, 1.54) is 11.3 Å². The largest absolute Gasteiger partial charge is 0.388 e. The quantitative estimate of drug-likeness (QED) is 0.903. The highest BCUT2D eigenvalue weighted by molar-refractivity contribution is 7.91. The maximum Gasteiger partial charge on any atom is 0.185 e. The molecule has 0 bridgehead atoms. The number of nitrogens with zero attached hydrogens (tertiary/aromatic N) is 2. The van der Waals surface area contributed by atoms with Gasteiger partial charge < -0.3 is 10.0 Å². The summed E-state index contributed by atoms with van der Waals surface area (Å²) in [6, 6.07) is 0.00222. The molecule has 1 aliphatic heterocycles. The molecule has 0 radical (unpaired) electrons. The molecular formula is C11H18N2O3S2. The Bertz CT molecular complexity index is 536. The first-order valence-electron chi connectivity index (χ1n) is 5.89. The maximum atomic E-state index is 11.5. The summed E-state index contributed by atoms with van der Waals surface area (Å²) < 4.78 is 22.9. The van der Waals surface area contributed by atoms with Crippen molar-refractivity contribution in [2.75, 3.05) is 23.5 Å². The number of aromatic nitrogens is 1. The van der Waals surface area contributed by atoms with Crippen LogP contribution in [0.3, 0.4) is 0 Å². The fourth-order valence-electron chi connectivity index (χ4n) is 2.17. The van der Waals surface area contributed by atoms with E-state index in [1.54, 1.807) is 6.92 Å². The lowest BCUT2D eigenvalue weighted by molar-refractivity contribution is 0.202. The van der Waals surface area contributed by atoms with Crippen LogP contribution in [0, 0.1) is 6.92 Å². The van der Waals surface area contributed by atoms with Gasteiger partial charge in [0.15, 0.2) is 15.0 Å². The van der Waals surface area contributed by atoms with E-state index in [4.69, 9.17) is 0 Å². The number of sulfone groups is 1. The first-order chi connectivity index (χ1) is 8.30. The van der Waals surface area contributed by atoms with Gasteiger partial charge in [0.2, 0.25) is 0 Å². The van der Waals surface area contributed by atoms with E-state index in [2.05, 4.69) is 4.98 Å². The molecular weight excluding hydrogens is 272 g/mol. The molecule has 0 saturated carbocycles. The number of rotatable bonds is 3. The van der Waals surface area contributed by atoms with E-state index in [-0.39, 0.29) is 17.5 Å². The molecule has 102 valence electrons. The van der Waals surface area contributed by atoms with Gasteiger partial charge in [-0.2, -0.15) is 0 Å². The average Bonchev–Trinajstić information content (AvgIpc) is 2.80. The molecule has 0 spiro atoms. The lowest BCUT2D eigenvalue weighted by Gasteiger charge is -2.22. The van der Waals surface area contributed by atoms with Gasteiger partial charge in [0.05, 0.1) is 28.2 Å². The zero-order valence-corrected chi connectivity index (χ0v) is 12.4. The third-order valence-corrected chi connectivity index (χ3v) is 6.43. The number of aliphatic hydroxyl groups is 1. The molecule has 1 saturated heterocycles. The molecule has 18 heavy (non-hydrogen) atoms. The third-order valence-electron chi connectivity index (χ3n) is 3.26. The Hall–Kier alpha value is -0.660. The van der Waals surface area contributed by atoms with Crippen molar-refractivity contribution in [1.82, 2.24) is 4.98 Å². The van der Waals surface area contributed by atoms with Crippen LogP contribution in [-0.4, -0.2) is 43.1 Å². The monoisotopic (exact) mass is 290 g/mol. The van der Waals surface area contributed by atoms with Crippen molar-refractivity contribution in [1.29, 1.82) is 0 Å². The van der Waals surface area contributed by atoms with E-state index in [0.717, 1.165) is 15.7 Å². The predicted octanol–water partition coefficient (Wildman–Crippen LogP) is 1.13. The average molecular weight is 290 g/mol. The molecule has 2 unspecified atom stereocenters. The summed E-state index contributed by atoms with van der Waals surface area (Å²) in [5.74, 6) is 0.460. The number of thiazole rings is 1. The molecule has 0 aromatic carbocycles. The molecule has 2 rings (SSSR count). The fourth-order valence-corrected chi connectivity index (χ4v) is 4.98. The fraction of sp³-hybridized carbons (Fsp3) is 0.727. The van der Waals surface area contributed by atoms with Gasteiger partial charge in [-0.15, -0.1) is 0 Å². The van der Waals surface area contributed by atoms with Gasteiger partial charge in [-0.1, -0.05) is 11.3 Å². The first-order valence-corrected chi connectivity index (χ1v) is 8.52. The van der Waals surface area contributed by atoms with Gasteiger partial charge in [-0.05, 0) is 20.3 Å². The smallest absolute Gasteiger partial charge is 0.185 e. The Balaban J connectivity index is 2.19. The second-order valence-corrected chi connectivity index (χ2v) is 8.03. The zero-order chi connectivity index (χ0) is 13.5. The minimum Gasteiger partial charge on any atom is -0.388 e. The van der Waals surface area contributed by atoms with Gasteiger partial charge in [0, 0.05) is 13.1 Å². The Morgan fingerprint density at radius 3 is 2.67 bits per heavy atom. The minimum atomic E-state index is -2.88. The topological polar surface area (TPSA) is 70.5 Å². The Kier molecular flexibility index (Phi) is 3.66. The van der Waals surface area contributed by atoms with Crippen LogP contribution in [-0.2, 0) is 9.84 Å². The van der Waals surface area contributed by atoms with Crippen LogP contribution >= 0.6 is 11.3 Å². The Labute approximate surface area is 111 Å². The third kappa shape index (κ3) is 2.67. The van der Waals surface area contributed by atoms with Crippen molar-refractivity contribution in [3.05, 3.63) is 10.6 Å². The molecule has 2 heterocycles. The lowest BCUT2D eigenvalue weighted by Crippen LogP contribution is -2.32. The molecule has 0 aliphatic carbocycles. The summed E-state index contributed by atoms with van der Waals surface area (Å²) in [5, 5.41) is 10.4. The predicted molar refractivity (Wildman–Crippen MR) is 72.9 cm³/mol. The van der Waals surface area contributed by atoms with E-state index in [1.807, 2.05) is 18.9 Å². The highest BCUT2D eigenvalue weighted by atomic mass is 32.2. The van der Waals surface area contributed by atoms with E-state index in [0.29, 0.717) is 6.42 Å². The molecule has 2 atom stereocenters. The van der Waals surface area contributed by atoms with Crippen LogP contribution in [0.25, 0.3) is 0 Å². The van der Waals surface area contributed by atoms with Crippen LogP contribution in [0.4, 0.5) is 5.13 Å². The summed E-state index contributed by atoms with van der Waals surface area (Å²) in [6.45, 7) is 3.58. The van der Waals surface area contributed by atoms with Crippen LogP contribution in [0.1, 0.15) is 30.0 Å². The molecule has 1 aromatic rings. The van der Waals surface area contributed by atoms with Gasteiger partial charge in [-0.3, -0.25) is 0 Å². The lowest BCUT2D eigenvalue weighted by atomic mass is 10.2. The molecule has 1 N–H and O–H groups in total. The van der Waals surface area contributed by atoms with Crippen LogP contribution in [0.15, 0.2) is 0 Å². The molecule has 7 heteroatoms. The van der Waals surface area contributed by atoms with Crippen molar-refractivity contribution in [3.8, 4) is 0 Å².